The summed E-state index contributed by atoms with van der Waals surface area (Å²) < 4.78 is 39.0. The summed E-state index contributed by atoms with van der Waals surface area (Å²) in [5.74, 6) is -0.659. The molecule has 0 aliphatic rings. The number of hydrogen-bond acceptors (Lipinski definition) is 3. The lowest BCUT2D eigenvalue weighted by molar-refractivity contribution is 0.583. The maximum Gasteiger partial charge on any atom is 0.236 e. The van der Waals surface area contributed by atoms with Crippen LogP contribution >= 0.6 is 11.6 Å². The molecule has 0 radical (unpaired) electrons. The Hall–Kier alpha value is -0.850. The van der Waals surface area contributed by atoms with Crippen molar-refractivity contribution in [3.63, 3.8) is 0 Å². The number of nitrogens with one attached hydrogen (secondary N) is 2. The van der Waals surface area contributed by atoms with Crippen molar-refractivity contribution in [2.75, 3.05) is 18.3 Å². The number of hydrogen-bond donors (Lipinski definition) is 2. The second kappa shape index (κ2) is 5.66. The quantitative estimate of drug-likeness (QED) is 0.865. The van der Waals surface area contributed by atoms with Gasteiger partial charge in [-0.15, -0.1) is 0 Å². The van der Waals surface area contributed by atoms with Crippen LogP contribution in [0.5, 0.6) is 0 Å². The zero-order valence-electron chi connectivity index (χ0n) is 9.50. The third-order valence-electron chi connectivity index (χ3n) is 2.20. The van der Waals surface area contributed by atoms with Gasteiger partial charge in [-0.3, -0.25) is 4.72 Å². The van der Waals surface area contributed by atoms with Gasteiger partial charge in [0.15, 0.2) is 0 Å². The molecule has 1 atom stereocenters. The molecule has 0 fully saturated rings. The fourth-order valence-electron chi connectivity index (χ4n) is 1.22. The molecule has 0 amide bonds. The molecule has 0 aromatic heterocycles. The minimum absolute atomic E-state index is 0.0452. The Balaban J connectivity index is 2.86. The molecule has 17 heavy (non-hydrogen) atoms. The van der Waals surface area contributed by atoms with E-state index in [4.69, 9.17) is 11.6 Å². The Bertz CT molecular complexity index is 493. The van der Waals surface area contributed by atoms with Crippen LogP contribution in [0.4, 0.5) is 10.1 Å². The molecule has 0 aliphatic carbocycles. The summed E-state index contributed by atoms with van der Waals surface area (Å²) in [7, 11) is -1.87. The summed E-state index contributed by atoms with van der Waals surface area (Å²) in [4.78, 5) is 0. The van der Waals surface area contributed by atoms with Gasteiger partial charge in [0.05, 0.1) is 16.0 Å². The first kappa shape index (κ1) is 14.2. The lowest BCUT2D eigenvalue weighted by Crippen LogP contribution is -2.33. The van der Waals surface area contributed by atoms with Gasteiger partial charge in [-0.25, -0.2) is 12.8 Å². The summed E-state index contributed by atoms with van der Waals surface area (Å²) in [6.07, 6.45) is 0. The van der Waals surface area contributed by atoms with E-state index in [1.807, 2.05) is 0 Å². The molecule has 7 heteroatoms. The number of benzene rings is 1. The predicted octanol–water partition coefficient (Wildman–Crippen LogP) is 1.83. The number of sulfonamides is 1. The maximum absolute atomic E-state index is 13.1. The molecule has 0 heterocycles. The highest BCUT2D eigenvalue weighted by atomic mass is 35.5. The molecule has 0 aliphatic heterocycles. The highest BCUT2D eigenvalue weighted by molar-refractivity contribution is 7.93. The largest absolute Gasteiger partial charge is 0.318 e. The van der Waals surface area contributed by atoms with Crippen LogP contribution in [0.25, 0.3) is 0 Å². The van der Waals surface area contributed by atoms with Crippen molar-refractivity contribution in [1.29, 1.82) is 0 Å². The summed E-state index contributed by atoms with van der Waals surface area (Å²) in [5.41, 5.74) is 0.162. The van der Waals surface area contributed by atoms with Crippen LogP contribution in [0.2, 0.25) is 5.02 Å². The van der Waals surface area contributed by atoms with Crippen LogP contribution in [0.15, 0.2) is 18.2 Å². The second-order valence-electron chi connectivity index (χ2n) is 3.64. The molecule has 96 valence electrons. The SMILES string of the molecule is CNCC(C)S(=O)(=O)Nc1ccc(Cl)c(F)c1. The summed E-state index contributed by atoms with van der Waals surface area (Å²) in [5, 5.41) is 2.10. The van der Waals surface area contributed by atoms with Crippen molar-refractivity contribution in [2.45, 2.75) is 12.2 Å². The van der Waals surface area contributed by atoms with Crippen LogP contribution in [-0.4, -0.2) is 27.3 Å². The van der Waals surface area contributed by atoms with E-state index < -0.39 is 21.1 Å². The Kier molecular flexibility index (Phi) is 4.73. The van der Waals surface area contributed by atoms with E-state index in [1.54, 1.807) is 14.0 Å². The van der Waals surface area contributed by atoms with E-state index >= 15 is 0 Å². The van der Waals surface area contributed by atoms with Gasteiger partial charge in [0, 0.05) is 6.54 Å². The fourth-order valence-corrected chi connectivity index (χ4v) is 2.38. The number of halogens is 2. The summed E-state index contributed by atoms with van der Waals surface area (Å²) in [6.45, 7) is 1.87. The normalized spacial score (nSPS) is 13.4. The van der Waals surface area contributed by atoms with Crippen molar-refractivity contribution in [2.24, 2.45) is 0 Å². The van der Waals surface area contributed by atoms with Crippen molar-refractivity contribution >= 4 is 27.3 Å². The van der Waals surface area contributed by atoms with Gasteiger partial charge >= 0.3 is 0 Å². The maximum atomic E-state index is 13.1. The van der Waals surface area contributed by atoms with E-state index in [2.05, 4.69) is 10.0 Å². The molecule has 4 nitrogen and oxygen atoms in total. The summed E-state index contributed by atoms with van der Waals surface area (Å²) >= 11 is 5.50. The van der Waals surface area contributed by atoms with E-state index in [0.29, 0.717) is 6.54 Å². The molecule has 2 N–H and O–H groups in total. The van der Waals surface area contributed by atoms with Crippen LogP contribution in [0.3, 0.4) is 0 Å². The van der Waals surface area contributed by atoms with E-state index in [-0.39, 0.29) is 10.7 Å². The monoisotopic (exact) mass is 280 g/mol. The minimum Gasteiger partial charge on any atom is -0.318 e. The molecule has 0 spiro atoms. The van der Waals surface area contributed by atoms with Gasteiger partial charge in [0.1, 0.15) is 5.82 Å². The van der Waals surface area contributed by atoms with Crippen molar-refractivity contribution in [3.8, 4) is 0 Å². The van der Waals surface area contributed by atoms with E-state index in [0.717, 1.165) is 6.07 Å². The molecular formula is C10H14ClFN2O2S. The lowest BCUT2D eigenvalue weighted by Gasteiger charge is -2.14. The third-order valence-corrected chi connectivity index (χ3v) is 4.25. The van der Waals surface area contributed by atoms with E-state index in [1.165, 1.54) is 12.1 Å². The van der Waals surface area contributed by atoms with Gasteiger partial charge < -0.3 is 5.32 Å². The predicted molar refractivity (Wildman–Crippen MR) is 67.3 cm³/mol. The molecule has 0 saturated carbocycles. The van der Waals surface area contributed by atoms with Gasteiger partial charge in [-0.05, 0) is 32.2 Å². The molecular weight excluding hydrogens is 267 g/mol. The second-order valence-corrected chi connectivity index (χ2v) is 6.15. The minimum atomic E-state index is -3.53. The van der Waals surface area contributed by atoms with Crippen LogP contribution in [-0.2, 0) is 10.0 Å². The molecule has 0 bridgehead atoms. The Labute approximate surface area is 105 Å². The first-order chi connectivity index (χ1) is 7.86. The Morgan fingerprint density at radius 3 is 2.65 bits per heavy atom. The number of anilines is 1. The molecule has 1 rings (SSSR count). The van der Waals surface area contributed by atoms with Crippen LogP contribution in [0.1, 0.15) is 6.92 Å². The first-order valence-electron chi connectivity index (χ1n) is 4.98. The highest BCUT2D eigenvalue weighted by Crippen LogP contribution is 2.20. The fraction of sp³-hybridized carbons (Fsp3) is 0.400. The molecule has 1 aromatic rings. The molecule has 1 unspecified atom stereocenters. The van der Waals surface area contributed by atoms with Gasteiger partial charge in [0.25, 0.3) is 0 Å². The standard InChI is InChI=1S/C10H14ClFN2O2S/c1-7(6-13-2)17(15,16)14-8-3-4-9(11)10(12)5-8/h3-5,7,13-14H,6H2,1-2H3. The smallest absolute Gasteiger partial charge is 0.236 e. The van der Waals surface area contributed by atoms with Crippen LogP contribution < -0.4 is 10.0 Å². The van der Waals surface area contributed by atoms with Crippen molar-refractivity contribution < 1.29 is 12.8 Å². The molecule has 0 saturated heterocycles. The Morgan fingerprint density at radius 1 is 1.47 bits per heavy atom. The van der Waals surface area contributed by atoms with Crippen LogP contribution in [0, 0.1) is 5.82 Å². The lowest BCUT2D eigenvalue weighted by atomic mass is 10.3. The average Bonchev–Trinajstić information content (AvgIpc) is 2.23. The zero-order chi connectivity index (χ0) is 13.1. The highest BCUT2D eigenvalue weighted by Gasteiger charge is 2.20. The topological polar surface area (TPSA) is 58.2 Å². The van der Waals surface area contributed by atoms with Gasteiger partial charge in [-0.1, -0.05) is 11.6 Å². The van der Waals surface area contributed by atoms with Crippen molar-refractivity contribution in [1.82, 2.24) is 5.32 Å². The van der Waals surface area contributed by atoms with E-state index in [9.17, 15) is 12.8 Å². The zero-order valence-corrected chi connectivity index (χ0v) is 11.1. The number of rotatable bonds is 5. The molecule has 1 aromatic carbocycles. The van der Waals surface area contributed by atoms with Crippen molar-refractivity contribution in [3.05, 3.63) is 29.0 Å². The van der Waals surface area contributed by atoms with Gasteiger partial charge in [-0.2, -0.15) is 0 Å². The third kappa shape index (κ3) is 3.83. The first-order valence-corrected chi connectivity index (χ1v) is 6.90. The Morgan fingerprint density at radius 2 is 2.12 bits per heavy atom. The average molecular weight is 281 g/mol. The van der Waals surface area contributed by atoms with Gasteiger partial charge in [0.2, 0.25) is 10.0 Å². The summed E-state index contributed by atoms with van der Waals surface area (Å²) in [6, 6.07) is 3.76.